The zero-order valence-electron chi connectivity index (χ0n) is 13.9. The number of carbonyl (C=O) groups is 3. The normalized spacial score (nSPS) is 19.2. The fraction of sp³-hybridized carbons (Fsp3) is 0.500. The van der Waals surface area contributed by atoms with Gasteiger partial charge in [0.25, 0.3) is 11.1 Å². The van der Waals surface area contributed by atoms with E-state index in [1.165, 1.54) is 10.5 Å². The number of carbonyl (C=O) groups excluding carboxylic acids is 3. The molecule has 5 nitrogen and oxygen atoms in total. The molecule has 0 spiro atoms. The Balaban J connectivity index is 1.59. The van der Waals surface area contributed by atoms with Crippen molar-refractivity contribution < 1.29 is 14.4 Å². The second kappa shape index (κ2) is 7.38. The maximum absolute atomic E-state index is 12.6. The van der Waals surface area contributed by atoms with Crippen molar-refractivity contribution in [2.45, 2.75) is 38.6 Å². The summed E-state index contributed by atoms with van der Waals surface area (Å²) in [5, 5.41) is -0.142. The fourth-order valence-corrected chi connectivity index (χ4v) is 4.11. The van der Waals surface area contributed by atoms with Gasteiger partial charge in [-0.25, -0.2) is 0 Å². The molecular weight excluding hydrogens is 324 g/mol. The number of hydrogen-bond donors (Lipinski definition) is 0. The summed E-state index contributed by atoms with van der Waals surface area (Å²) in [6.07, 6.45) is 3.44. The van der Waals surface area contributed by atoms with Gasteiger partial charge in [-0.3, -0.25) is 19.3 Å². The number of aryl methyl sites for hydroxylation is 1. The molecule has 0 N–H and O–H groups in total. The van der Waals surface area contributed by atoms with E-state index in [-0.39, 0.29) is 28.8 Å². The molecule has 0 aromatic heterocycles. The second-order valence-corrected chi connectivity index (χ2v) is 7.22. The Labute approximate surface area is 146 Å². The van der Waals surface area contributed by atoms with Gasteiger partial charge in [-0.05, 0) is 37.0 Å². The van der Waals surface area contributed by atoms with Crippen LogP contribution in [0.1, 0.15) is 42.1 Å². The van der Waals surface area contributed by atoms with Gasteiger partial charge in [-0.2, -0.15) is 0 Å². The average Bonchev–Trinajstić information content (AvgIpc) is 2.94. The van der Waals surface area contributed by atoms with E-state index < -0.39 is 0 Å². The Morgan fingerprint density at radius 1 is 1.17 bits per heavy atom. The lowest BCUT2D eigenvalue weighted by Gasteiger charge is -2.35. The Kier molecular flexibility index (Phi) is 5.23. The van der Waals surface area contributed by atoms with Crippen LogP contribution in [0.4, 0.5) is 4.79 Å². The maximum Gasteiger partial charge on any atom is 0.289 e. The summed E-state index contributed by atoms with van der Waals surface area (Å²) in [5.41, 5.74) is 1.95. The molecule has 1 aromatic carbocycles. The van der Waals surface area contributed by atoms with Crippen LogP contribution in [-0.2, 0) is 11.2 Å². The topological polar surface area (TPSA) is 57.7 Å². The molecule has 128 valence electrons. The van der Waals surface area contributed by atoms with Gasteiger partial charge in [0.1, 0.15) is 0 Å². The van der Waals surface area contributed by atoms with Crippen LogP contribution in [-0.4, -0.2) is 51.7 Å². The molecule has 2 aliphatic rings. The third kappa shape index (κ3) is 3.48. The van der Waals surface area contributed by atoms with Gasteiger partial charge in [0.2, 0.25) is 5.91 Å². The van der Waals surface area contributed by atoms with E-state index in [2.05, 4.69) is 6.92 Å². The van der Waals surface area contributed by atoms with E-state index in [1.54, 1.807) is 0 Å². The van der Waals surface area contributed by atoms with Gasteiger partial charge in [0.05, 0.1) is 5.75 Å². The standard InChI is InChI=1S/C18H22N2O3S/c1-2-3-13-4-6-14(7-5-13)17(22)19-10-8-15(9-11-19)20-16(21)12-24-18(20)23/h4-7,15H,2-3,8-12H2,1H3. The Bertz CT molecular complexity index is 620. The van der Waals surface area contributed by atoms with Crippen molar-refractivity contribution in [1.29, 1.82) is 0 Å². The smallest absolute Gasteiger partial charge is 0.289 e. The monoisotopic (exact) mass is 346 g/mol. The highest BCUT2D eigenvalue weighted by Crippen LogP contribution is 2.27. The molecule has 0 atom stereocenters. The SMILES string of the molecule is CCCc1ccc(C(=O)N2CCC(N3C(=O)CSC3=O)CC2)cc1. The van der Waals surface area contributed by atoms with E-state index in [9.17, 15) is 14.4 Å². The number of hydrogen-bond acceptors (Lipinski definition) is 4. The number of thioether (sulfide) groups is 1. The maximum atomic E-state index is 12.6. The Morgan fingerprint density at radius 2 is 1.83 bits per heavy atom. The average molecular weight is 346 g/mol. The van der Waals surface area contributed by atoms with E-state index in [0.29, 0.717) is 31.5 Å². The van der Waals surface area contributed by atoms with Crippen molar-refractivity contribution in [3.05, 3.63) is 35.4 Å². The summed E-state index contributed by atoms with van der Waals surface area (Å²) in [5.74, 6) is 0.188. The number of nitrogens with zero attached hydrogens (tertiary/aromatic N) is 2. The Hall–Kier alpha value is -1.82. The van der Waals surface area contributed by atoms with Crippen molar-refractivity contribution in [2.24, 2.45) is 0 Å². The van der Waals surface area contributed by atoms with E-state index >= 15 is 0 Å². The first kappa shape index (κ1) is 17.0. The molecule has 0 unspecified atom stereocenters. The first-order valence-electron chi connectivity index (χ1n) is 8.47. The zero-order valence-corrected chi connectivity index (χ0v) is 14.7. The summed E-state index contributed by atoms with van der Waals surface area (Å²) >= 11 is 1.07. The minimum Gasteiger partial charge on any atom is -0.338 e. The molecule has 6 heteroatoms. The number of benzene rings is 1. The zero-order chi connectivity index (χ0) is 17.1. The van der Waals surface area contributed by atoms with Crippen LogP contribution in [0.2, 0.25) is 0 Å². The molecule has 24 heavy (non-hydrogen) atoms. The van der Waals surface area contributed by atoms with Gasteiger partial charge in [-0.1, -0.05) is 37.2 Å². The first-order chi connectivity index (χ1) is 11.6. The molecule has 3 amide bonds. The highest BCUT2D eigenvalue weighted by molar-refractivity contribution is 8.14. The number of imide groups is 1. The largest absolute Gasteiger partial charge is 0.338 e. The second-order valence-electron chi connectivity index (χ2n) is 6.29. The summed E-state index contributed by atoms with van der Waals surface area (Å²) in [6, 6.07) is 7.76. The van der Waals surface area contributed by atoms with Crippen molar-refractivity contribution >= 4 is 28.8 Å². The van der Waals surface area contributed by atoms with Crippen molar-refractivity contribution in [3.8, 4) is 0 Å². The van der Waals surface area contributed by atoms with Gasteiger partial charge < -0.3 is 4.90 Å². The van der Waals surface area contributed by atoms with Gasteiger partial charge in [0.15, 0.2) is 0 Å². The van der Waals surface area contributed by atoms with Crippen LogP contribution in [0.15, 0.2) is 24.3 Å². The van der Waals surface area contributed by atoms with Crippen LogP contribution in [0.25, 0.3) is 0 Å². The summed E-state index contributed by atoms with van der Waals surface area (Å²) in [4.78, 5) is 39.4. The summed E-state index contributed by atoms with van der Waals surface area (Å²) in [7, 11) is 0. The van der Waals surface area contributed by atoms with Crippen LogP contribution in [0.3, 0.4) is 0 Å². The van der Waals surface area contributed by atoms with Gasteiger partial charge >= 0.3 is 0 Å². The van der Waals surface area contributed by atoms with Crippen molar-refractivity contribution in [2.75, 3.05) is 18.8 Å². The minimum atomic E-state index is -0.142. The van der Waals surface area contributed by atoms with Crippen LogP contribution >= 0.6 is 11.8 Å². The van der Waals surface area contributed by atoms with Crippen molar-refractivity contribution in [1.82, 2.24) is 9.80 Å². The predicted octanol–water partition coefficient (Wildman–Crippen LogP) is 2.94. The third-order valence-corrected chi connectivity index (χ3v) is 5.48. The van der Waals surface area contributed by atoms with Crippen molar-refractivity contribution in [3.63, 3.8) is 0 Å². The van der Waals surface area contributed by atoms with E-state index in [0.717, 1.165) is 24.6 Å². The van der Waals surface area contributed by atoms with Crippen LogP contribution < -0.4 is 0 Å². The molecule has 2 fully saturated rings. The lowest BCUT2D eigenvalue weighted by molar-refractivity contribution is -0.126. The number of amides is 3. The molecule has 2 saturated heterocycles. The fourth-order valence-electron chi connectivity index (χ4n) is 3.33. The molecule has 0 bridgehead atoms. The predicted molar refractivity (Wildman–Crippen MR) is 94.1 cm³/mol. The van der Waals surface area contributed by atoms with Crippen LogP contribution in [0, 0.1) is 0 Å². The van der Waals surface area contributed by atoms with E-state index in [4.69, 9.17) is 0 Å². The number of likely N-dealkylation sites (tertiary alicyclic amines) is 1. The highest BCUT2D eigenvalue weighted by atomic mass is 32.2. The Morgan fingerprint density at radius 3 is 2.38 bits per heavy atom. The molecule has 0 saturated carbocycles. The van der Waals surface area contributed by atoms with Crippen LogP contribution in [0.5, 0.6) is 0 Å². The molecule has 1 aromatic rings. The molecular formula is C18H22N2O3S. The van der Waals surface area contributed by atoms with Gasteiger partial charge in [0, 0.05) is 24.7 Å². The molecule has 0 aliphatic carbocycles. The minimum absolute atomic E-state index is 0.0324. The lowest BCUT2D eigenvalue weighted by atomic mass is 10.0. The summed E-state index contributed by atoms with van der Waals surface area (Å²) < 4.78 is 0. The number of rotatable bonds is 4. The van der Waals surface area contributed by atoms with Gasteiger partial charge in [-0.15, -0.1) is 0 Å². The molecule has 0 radical (unpaired) electrons. The first-order valence-corrected chi connectivity index (χ1v) is 9.45. The quantitative estimate of drug-likeness (QED) is 0.841. The highest BCUT2D eigenvalue weighted by Gasteiger charge is 2.37. The lowest BCUT2D eigenvalue weighted by Crippen LogP contribution is -2.48. The number of piperidine rings is 1. The summed E-state index contributed by atoms with van der Waals surface area (Å²) in [6.45, 7) is 3.31. The third-order valence-electron chi connectivity index (χ3n) is 4.64. The van der Waals surface area contributed by atoms with E-state index in [1.807, 2.05) is 29.2 Å². The molecule has 2 aliphatic heterocycles. The molecule has 2 heterocycles. The molecule has 3 rings (SSSR count).